The minimum absolute atomic E-state index is 0.0556. The van der Waals surface area contributed by atoms with Crippen LogP contribution in [0.5, 0.6) is 5.75 Å². The van der Waals surface area contributed by atoms with E-state index in [4.69, 9.17) is 40.0 Å². The van der Waals surface area contributed by atoms with Gasteiger partial charge in [0.25, 0.3) is 0 Å². The van der Waals surface area contributed by atoms with Gasteiger partial charge in [0.2, 0.25) is 17.7 Å². The predicted molar refractivity (Wildman–Crippen MR) is 307 cm³/mol. The normalized spacial score (nSPS) is 27.8. The first-order chi connectivity index (χ1) is 37.3. The summed E-state index contributed by atoms with van der Waals surface area (Å²) in [6.45, 7) is 11.4. The fraction of sp³-hybridized carbons (Fsp3) is 0.625. The molecule has 6 rings (SSSR count). The molecule has 5 amide bonds. The van der Waals surface area contributed by atoms with E-state index < -0.39 is 76.5 Å². The van der Waals surface area contributed by atoms with Crippen molar-refractivity contribution in [3.63, 3.8) is 0 Å². The standard InChI is InChI=1S/C56H79ClN6O13S3/c1-34-18-17-21-43(72-12)56(70)32-41(73-52(68)59-56)35(2)50-55(6,76-50)44(31-47(65)63(10)38-29-37(28-34)30-40(71-11)49(38)57)75-51(67)36(3)62(9)46(64)23-24-54(4,5)77-33-48(66)60(7)26-27-61(8)53(69)74-39-19-13-14-20-42(39)78-79-45-22-15-16-25-58-45/h15-18,21-22,25,29-30,35-36,39,41-44,50,70H,13-14,19-20,23-24,26-28,31-33H2,1-12H3,(H,59,68)/b21-17+,34-18+/t35-,36+,39+,41+,42+,43-,44+,50+,55-,56+/m1/s1. The zero-order valence-electron chi connectivity index (χ0n) is 47.5. The van der Waals surface area contributed by atoms with Crippen LogP contribution in [0.15, 0.2) is 65.4 Å². The van der Waals surface area contributed by atoms with Gasteiger partial charge < -0.3 is 53.1 Å². The van der Waals surface area contributed by atoms with E-state index in [0.29, 0.717) is 30.8 Å². The summed E-state index contributed by atoms with van der Waals surface area (Å²) in [6.07, 6.45) is 5.93. The number of fused-ring (bicyclic) bond motifs is 5. The molecular weight excluding hydrogens is 1100 g/mol. The number of epoxide rings is 1. The molecule has 4 heterocycles. The lowest BCUT2D eigenvalue weighted by Crippen LogP contribution is -2.63. The van der Waals surface area contributed by atoms with Gasteiger partial charge in [0.15, 0.2) is 5.72 Å². The SMILES string of the molecule is COc1cc2cc(c1Cl)N(C)C(=O)C[C@H](OC(=O)[C@H](C)N(C)C(=O)CCC(C)(C)SCC(=O)N(C)CCN(C)C(=O)O[C@H]1CCCC[C@@H]1SSc1ccccn1)[C@@]1(C)O[C@H]1[C@H](C)[C@@H]1C[C@@](O)(NC(=O)O1)[C@H](OC)/C=C/C=C(\C)C2. The second-order valence-electron chi connectivity index (χ2n) is 21.8. The average molecular weight is 1180 g/mol. The molecule has 4 aliphatic rings. The maximum atomic E-state index is 14.4. The number of nitrogens with zero attached hydrogens (tertiary/aromatic N) is 5. The van der Waals surface area contributed by atoms with E-state index in [1.807, 2.05) is 45.0 Å². The lowest BCUT2D eigenvalue weighted by atomic mass is 9.83. The van der Waals surface area contributed by atoms with Crippen molar-refractivity contribution in [2.75, 3.05) is 66.2 Å². The van der Waals surface area contributed by atoms with E-state index in [1.54, 1.807) is 98.9 Å². The molecular formula is C56H79ClN6O13S3. The van der Waals surface area contributed by atoms with Crippen molar-refractivity contribution < 1.29 is 62.3 Å². The Morgan fingerprint density at radius 1 is 1.05 bits per heavy atom. The molecule has 79 heavy (non-hydrogen) atoms. The number of likely N-dealkylation sites (N-methyl/N-ethyl adjacent to an activating group) is 3. The average Bonchev–Trinajstić information content (AvgIpc) is 4.16. The van der Waals surface area contributed by atoms with E-state index in [-0.39, 0.29) is 59.8 Å². The third kappa shape index (κ3) is 16.7. The van der Waals surface area contributed by atoms with E-state index in [0.717, 1.165) is 41.8 Å². The fourth-order valence-corrected chi connectivity index (χ4v) is 13.7. The smallest absolute Gasteiger partial charge is 0.409 e. The number of aliphatic hydroxyl groups is 1. The highest BCUT2D eigenvalue weighted by Crippen LogP contribution is 2.49. The molecule has 1 aliphatic carbocycles. The summed E-state index contributed by atoms with van der Waals surface area (Å²) in [7, 11) is 12.6. The van der Waals surface area contributed by atoms with Gasteiger partial charge in [-0.15, -0.1) is 11.8 Å². The molecule has 2 N–H and O–H groups in total. The molecule has 1 aromatic carbocycles. The van der Waals surface area contributed by atoms with Gasteiger partial charge in [-0.3, -0.25) is 19.7 Å². The van der Waals surface area contributed by atoms with Gasteiger partial charge in [-0.1, -0.05) is 79.5 Å². The summed E-state index contributed by atoms with van der Waals surface area (Å²) in [6, 6.07) is 8.26. The second kappa shape index (κ2) is 27.8. The van der Waals surface area contributed by atoms with Crippen molar-refractivity contribution in [1.29, 1.82) is 0 Å². The number of nitrogens with one attached hydrogen (secondary N) is 1. The maximum Gasteiger partial charge on any atom is 0.409 e. The number of hydrogen-bond donors (Lipinski definition) is 2. The molecule has 2 aromatic rings. The van der Waals surface area contributed by atoms with E-state index >= 15 is 0 Å². The van der Waals surface area contributed by atoms with Crippen LogP contribution in [0.2, 0.25) is 5.02 Å². The highest BCUT2D eigenvalue weighted by atomic mass is 35.5. The Bertz CT molecular complexity index is 2560. The molecule has 436 valence electrons. The van der Waals surface area contributed by atoms with Crippen LogP contribution in [0.1, 0.15) is 98.5 Å². The number of ether oxygens (including phenoxy) is 6. The monoisotopic (exact) mass is 1170 g/mol. The Morgan fingerprint density at radius 2 is 1.77 bits per heavy atom. The molecule has 1 saturated carbocycles. The van der Waals surface area contributed by atoms with Gasteiger partial charge in [-0.2, -0.15) is 0 Å². The molecule has 2 saturated heterocycles. The Kier molecular flexibility index (Phi) is 22.4. The van der Waals surface area contributed by atoms with Crippen molar-refractivity contribution in [2.45, 2.75) is 162 Å². The van der Waals surface area contributed by atoms with Crippen LogP contribution in [-0.4, -0.2) is 180 Å². The number of pyridine rings is 1. The van der Waals surface area contributed by atoms with Crippen LogP contribution in [0.4, 0.5) is 15.3 Å². The molecule has 19 nitrogen and oxygen atoms in total. The van der Waals surface area contributed by atoms with Crippen LogP contribution in [0.3, 0.4) is 0 Å². The topological polar surface area (TPSA) is 219 Å². The van der Waals surface area contributed by atoms with Gasteiger partial charge in [0.1, 0.15) is 51.9 Å². The molecule has 1 aromatic heterocycles. The Balaban J connectivity index is 1.06. The van der Waals surface area contributed by atoms with Gasteiger partial charge in [-0.05, 0) is 93.5 Å². The predicted octanol–water partition coefficient (Wildman–Crippen LogP) is 8.48. The number of benzene rings is 1. The number of carbonyl (C=O) groups excluding carboxylic acids is 6. The number of allylic oxidation sites excluding steroid dienone is 3. The first-order valence-corrected chi connectivity index (χ1v) is 30.3. The van der Waals surface area contributed by atoms with Crippen molar-refractivity contribution in [2.24, 2.45) is 5.92 Å². The minimum atomic E-state index is -1.87. The number of halogens is 1. The van der Waals surface area contributed by atoms with Crippen molar-refractivity contribution >= 4 is 86.5 Å². The van der Waals surface area contributed by atoms with Gasteiger partial charge in [0, 0.05) is 78.1 Å². The number of aromatic nitrogens is 1. The number of amides is 5. The molecule has 4 bridgehead atoms. The van der Waals surface area contributed by atoms with Gasteiger partial charge in [0.05, 0.1) is 36.3 Å². The Hall–Kier alpha value is -4.71. The molecule has 3 aliphatic heterocycles. The lowest BCUT2D eigenvalue weighted by Gasteiger charge is -2.42. The highest BCUT2D eigenvalue weighted by molar-refractivity contribution is 8.76. The van der Waals surface area contributed by atoms with Crippen molar-refractivity contribution in [3.05, 3.63) is 70.9 Å². The first kappa shape index (κ1) is 63.5. The summed E-state index contributed by atoms with van der Waals surface area (Å²) in [4.78, 5) is 92.2. The molecule has 0 unspecified atom stereocenters. The van der Waals surface area contributed by atoms with Crippen LogP contribution in [0, 0.1) is 5.92 Å². The van der Waals surface area contributed by atoms with E-state index in [9.17, 15) is 33.9 Å². The summed E-state index contributed by atoms with van der Waals surface area (Å²) in [5.41, 5.74) is -1.11. The number of hydrogen-bond acceptors (Lipinski definition) is 17. The molecule has 0 radical (unpaired) electrons. The van der Waals surface area contributed by atoms with Crippen molar-refractivity contribution in [3.8, 4) is 5.75 Å². The fourth-order valence-electron chi connectivity index (χ4n) is 9.79. The highest BCUT2D eigenvalue weighted by Gasteiger charge is 2.64. The van der Waals surface area contributed by atoms with Crippen molar-refractivity contribution in [1.82, 2.24) is 25.0 Å². The number of rotatable bonds is 18. The second-order valence-corrected chi connectivity index (χ2v) is 26.3. The summed E-state index contributed by atoms with van der Waals surface area (Å²) < 4.78 is 35.1. The van der Waals surface area contributed by atoms with E-state index in [1.165, 1.54) is 47.7 Å². The maximum absolute atomic E-state index is 14.4. The molecule has 0 spiro atoms. The number of alkyl carbamates (subject to hydrolysis) is 1. The number of thioether (sulfide) groups is 1. The number of anilines is 1. The Morgan fingerprint density at radius 3 is 2.47 bits per heavy atom. The summed E-state index contributed by atoms with van der Waals surface area (Å²) in [5.74, 6) is -1.81. The minimum Gasteiger partial charge on any atom is -0.495 e. The third-order valence-corrected chi connectivity index (χ3v) is 19.9. The Labute approximate surface area is 482 Å². The third-order valence-electron chi connectivity index (χ3n) is 15.3. The lowest BCUT2D eigenvalue weighted by molar-refractivity contribution is -0.162. The summed E-state index contributed by atoms with van der Waals surface area (Å²) >= 11 is 8.26. The van der Waals surface area contributed by atoms with Crippen LogP contribution in [-0.2, 0) is 49.3 Å². The summed E-state index contributed by atoms with van der Waals surface area (Å²) in [5, 5.41) is 15.7. The van der Waals surface area contributed by atoms with Crippen LogP contribution < -0.4 is 15.0 Å². The number of methoxy groups -OCH3 is 2. The quantitative estimate of drug-likeness (QED) is 0.0619. The van der Waals surface area contributed by atoms with Gasteiger partial charge in [-0.25, -0.2) is 19.4 Å². The molecule has 3 fully saturated rings. The largest absolute Gasteiger partial charge is 0.495 e. The zero-order chi connectivity index (χ0) is 58.0. The first-order valence-electron chi connectivity index (χ1n) is 26.7. The van der Waals surface area contributed by atoms with Crippen LogP contribution >= 0.6 is 45.0 Å². The number of carbonyl (C=O) groups is 6. The van der Waals surface area contributed by atoms with Crippen LogP contribution in [0.25, 0.3) is 0 Å². The molecule has 23 heteroatoms. The van der Waals surface area contributed by atoms with Gasteiger partial charge >= 0.3 is 18.2 Å². The number of esters is 1. The zero-order valence-corrected chi connectivity index (χ0v) is 50.7. The van der Waals surface area contributed by atoms with E-state index in [2.05, 4.69) is 10.3 Å². The molecule has 10 atom stereocenters.